The fourth-order valence-corrected chi connectivity index (χ4v) is 5.20. The van der Waals surface area contributed by atoms with Crippen molar-refractivity contribution in [3.8, 4) is 5.75 Å². The third kappa shape index (κ3) is 5.25. The van der Waals surface area contributed by atoms with E-state index in [9.17, 15) is 0 Å². The molecule has 2 heterocycles. The molecule has 5 rings (SSSR count). The number of ether oxygens (including phenoxy) is 1. The van der Waals surface area contributed by atoms with E-state index in [1.165, 1.54) is 30.4 Å². The summed E-state index contributed by atoms with van der Waals surface area (Å²) in [5.41, 5.74) is 5.70. The summed E-state index contributed by atoms with van der Waals surface area (Å²) in [4.78, 5) is 2.53. The van der Waals surface area contributed by atoms with Crippen molar-refractivity contribution in [2.45, 2.75) is 32.1 Å². The first kappa shape index (κ1) is 24.6. The number of fused-ring (bicyclic) bond motifs is 1. The number of nitrogens with zero attached hydrogens (tertiary/aromatic N) is 1. The topological polar surface area (TPSA) is 12.5 Å². The summed E-state index contributed by atoms with van der Waals surface area (Å²) in [7, 11) is 0. The van der Waals surface area contributed by atoms with Crippen molar-refractivity contribution in [3.63, 3.8) is 0 Å². The van der Waals surface area contributed by atoms with E-state index in [1.807, 2.05) is 6.07 Å². The molecule has 2 aliphatic rings. The summed E-state index contributed by atoms with van der Waals surface area (Å²) in [6.07, 6.45) is 6.22. The van der Waals surface area contributed by atoms with E-state index in [2.05, 4.69) is 90.7 Å². The van der Waals surface area contributed by atoms with Gasteiger partial charge in [-0.3, -0.25) is 4.90 Å². The third-order valence-electron chi connectivity index (χ3n) is 6.67. The van der Waals surface area contributed by atoms with Crippen molar-refractivity contribution in [1.29, 1.82) is 0 Å². The molecule has 34 heavy (non-hydrogen) atoms. The van der Waals surface area contributed by atoms with Gasteiger partial charge in [0, 0.05) is 23.6 Å². The van der Waals surface area contributed by atoms with E-state index in [1.54, 1.807) is 0 Å². The summed E-state index contributed by atoms with van der Waals surface area (Å²) in [5.74, 6) is 1.61. The Hall–Kier alpha value is -2.52. The van der Waals surface area contributed by atoms with Gasteiger partial charge in [0.1, 0.15) is 5.75 Å². The van der Waals surface area contributed by atoms with Gasteiger partial charge in [0.2, 0.25) is 0 Å². The number of halogens is 2. The summed E-state index contributed by atoms with van der Waals surface area (Å²) in [6.45, 7) is 5.30. The molecule has 2 aliphatic heterocycles. The van der Waals surface area contributed by atoms with Crippen LogP contribution >= 0.6 is 24.0 Å². The molecule has 1 fully saturated rings. The van der Waals surface area contributed by atoms with Crippen LogP contribution in [0, 0.1) is 6.92 Å². The Kier molecular flexibility index (Phi) is 8.15. The van der Waals surface area contributed by atoms with Crippen LogP contribution in [0.4, 0.5) is 0 Å². The molecule has 2 nitrogen and oxygen atoms in total. The summed E-state index contributed by atoms with van der Waals surface area (Å²) < 4.78 is 6.56. The Labute approximate surface area is 214 Å². The number of allylic oxidation sites excluding steroid dienone is 2. The largest absolute Gasteiger partial charge is 0.455 e. The van der Waals surface area contributed by atoms with Gasteiger partial charge in [-0.25, -0.2) is 0 Å². The summed E-state index contributed by atoms with van der Waals surface area (Å²) in [6, 6.07) is 27.4. The second-order valence-electron chi connectivity index (χ2n) is 9.01. The van der Waals surface area contributed by atoms with Gasteiger partial charge in [-0.05, 0) is 50.1 Å². The summed E-state index contributed by atoms with van der Waals surface area (Å²) in [5, 5.41) is 0.695. The van der Waals surface area contributed by atoms with Crippen LogP contribution < -0.4 is 4.74 Å². The summed E-state index contributed by atoms with van der Waals surface area (Å²) >= 11 is 7.25. The minimum absolute atomic E-state index is 0. The van der Waals surface area contributed by atoms with Gasteiger partial charge in [0.15, 0.2) is 5.76 Å². The second-order valence-corrected chi connectivity index (χ2v) is 9.39. The molecule has 0 bridgehead atoms. The Morgan fingerprint density at radius 2 is 1.56 bits per heavy atom. The SMILES string of the molecule is Cc1ccc(C2=C(Cl)/C(=C\CN3CCCCC3)C(c3ccccc3)c3ccccc3O2)cc1.Cl. The number of hydrogen-bond acceptors (Lipinski definition) is 2. The van der Waals surface area contributed by atoms with E-state index in [0.717, 1.165) is 47.8 Å². The molecule has 0 saturated carbocycles. The zero-order valence-corrected chi connectivity index (χ0v) is 21.1. The van der Waals surface area contributed by atoms with Gasteiger partial charge >= 0.3 is 0 Å². The van der Waals surface area contributed by atoms with Gasteiger partial charge < -0.3 is 4.74 Å². The highest BCUT2D eigenvalue weighted by Crippen LogP contribution is 2.47. The average Bonchev–Trinajstić information content (AvgIpc) is 2.99. The number of hydrogen-bond donors (Lipinski definition) is 0. The smallest absolute Gasteiger partial charge is 0.153 e. The van der Waals surface area contributed by atoms with Gasteiger partial charge in [0.25, 0.3) is 0 Å². The maximum absolute atomic E-state index is 7.25. The molecule has 4 heteroatoms. The lowest BCUT2D eigenvalue weighted by molar-refractivity contribution is 0.251. The van der Waals surface area contributed by atoms with Crippen molar-refractivity contribution in [3.05, 3.63) is 118 Å². The molecule has 0 spiro atoms. The van der Waals surface area contributed by atoms with Crippen LogP contribution in [0.1, 0.15) is 47.4 Å². The maximum atomic E-state index is 7.25. The van der Waals surface area contributed by atoms with Crippen LogP contribution in [0.5, 0.6) is 5.75 Å². The lowest BCUT2D eigenvalue weighted by Crippen LogP contribution is -2.30. The van der Waals surface area contributed by atoms with Crippen molar-refractivity contribution in [2.24, 2.45) is 0 Å². The molecule has 0 radical (unpaired) electrons. The van der Waals surface area contributed by atoms with Gasteiger partial charge in [-0.2, -0.15) is 0 Å². The van der Waals surface area contributed by atoms with Crippen LogP contribution in [0.3, 0.4) is 0 Å². The first-order chi connectivity index (χ1) is 16.2. The quantitative estimate of drug-likeness (QED) is 0.366. The highest BCUT2D eigenvalue weighted by atomic mass is 35.5. The van der Waals surface area contributed by atoms with Crippen molar-refractivity contribution >= 4 is 29.8 Å². The molecule has 0 aliphatic carbocycles. The standard InChI is InChI=1S/C30H30ClNO.ClH/c1-22-14-16-24(17-15-22)30-29(31)26(18-21-32-19-8-3-9-20-32)28(23-10-4-2-5-11-23)25-12-6-7-13-27(25)33-30;/h2,4-7,10-18,28H,3,8-9,19-21H2,1H3;1H/b26-18-;. The number of rotatable bonds is 4. The van der Waals surface area contributed by atoms with Crippen molar-refractivity contribution in [2.75, 3.05) is 19.6 Å². The normalized spacial score (nSPS) is 19.7. The van der Waals surface area contributed by atoms with E-state index >= 15 is 0 Å². The van der Waals surface area contributed by atoms with Gasteiger partial charge in [0.05, 0.1) is 5.03 Å². The molecule has 0 N–H and O–H groups in total. The zero-order chi connectivity index (χ0) is 22.6. The Bertz CT molecular complexity index is 1160. The fourth-order valence-electron chi connectivity index (χ4n) is 4.86. The highest BCUT2D eigenvalue weighted by molar-refractivity contribution is 6.35. The molecule has 0 aromatic heterocycles. The van der Waals surface area contributed by atoms with E-state index < -0.39 is 0 Å². The van der Waals surface area contributed by atoms with E-state index in [-0.39, 0.29) is 18.3 Å². The maximum Gasteiger partial charge on any atom is 0.153 e. The molecule has 176 valence electrons. The minimum Gasteiger partial charge on any atom is -0.455 e. The molecule has 1 atom stereocenters. The van der Waals surface area contributed by atoms with Crippen LogP contribution in [-0.2, 0) is 0 Å². The van der Waals surface area contributed by atoms with Crippen LogP contribution in [0.15, 0.2) is 95.5 Å². The number of likely N-dealkylation sites (tertiary alicyclic amines) is 1. The zero-order valence-electron chi connectivity index (χ0n) is 19.5. The lowest BCUT2D eigenvalue weighted by atomic mass is 9.83. The molecule has 1 unspecified atom stereocenters. The number of piperidine rings is 1. The highest BCUT2D eigenvalue weighted by Gasteiger charge is 2.31. The van der Waals surface area contributed by atoms with E-state index in [0.29, 0.717) is 5.03 Å². The molecular formula is C30H31Cl2NO. The van der Waals surface area contributed by atoms with Crippen LogP contribution in [-0.4, -0.2) is 24.5 Å². The second kappa shape index (κ2) is 11.3. The predicted octanol–water partition coefficient (Wildman–Crippen LogP) is 7.96. The van der Waals surface area contributed by atoms with Crippen LogP contribution in [0.25, 0.3) is 5.76 Å². The first-order valence-electron chi connectivity index (χ1n) is 11.9. The number of para-hydroxylation sites is 1. The molecule has 3 aromatic rings. The Morgan fingerprint density at radius 1 is 0.882 bits per heavy atom. The fraction of sp³-hybridized carbons (Fsp3) is 0.267. The monoisotopic (exact) mass is 491 g/mol. The van der Waals surface area contributed by atoms with Gasteiger partial charge in [-0.15, -0.1) is 12.4 Å². The Balaban J connectivity index is 0.00000274. The number of aryl methyl sites for hydroxylation is 1. The minimum atomic E-state index is 0. The van der Waals surface area contributed by atoms with E-state index in [4.69, 9.17) is 16.3 Å². The molecule has 3 aromatic carbocycles. The van der Waals surface area contributed by atoms with Gasteiger partial charge in [-0.1, -0.05) is 102 Å². The Morgan fingerprint density at radius 3 is 2.29 bits per heavy atom. The third-order valence-corrected chi connectivity index (χ3v) is 7.06. The predicted molar refractivity (Wildman–Crippen MR) is 145 cm³/mol. The lowest BCUT2D eigenvalue weighted by Gasteiger charge is -2.26. The van der Waals surface area contributed by atoms with Crippen LogP contribution in [0.2, 0.25) is 0 Å². The van der Waals surface area contributed by atoms with Crippen molar-refractivity contribution < 1.29 is 4.74 Å². The average molecular weight is 492 g/mol. The molecule has 1 saturated heterocycles. The molecular weight excluding hydrogens is 461 g/mol. The molecule has 0 amide bonds. The van der Waals surface area contributed by atoms with Crippen molar-refractivity contribution in [1.82, 2.24) is 4.90 Å². The first-order valence-corrected chi connectivity index (χ1v) is 12.3. The number of benzene rings is 3.